The number of benzene rings is 2. The summed E-state index contributed by atoms with van der Waals surface area (Å²) in [6, 6.07) is 11.6. The van der Waals surface area contributed by atoms with E-state index in [9.17, 15) is 22.0 Å². The number of hydrogen-bond acceptors (Lipinski definition) is 4. The van der Waals surface area contributed by atoms with Crippen molar-refractivity contribution >= 4 is 33.4 Å². The van der Waals surface area contributed by atoms with Crippen molar-refractivity contribution in [2.75, 3.05) is 11.9 Å². The molecule has 0 bridgehead atoms. The van der Waals surface area contributed by atoms with E-state index in [4.69, 9.17) is 0 Å². The van der Waals surface area contributed by atoms with Crippen LogP contribution in [0, 0.1) is 0 Å². The summed E-state index contributed by atoms with van der Waals surface area (Å²) in [5, 5.41) is 2.53. The van der Waals surface area contributed by atoms with Gasteiger partial charge < -0.3 is 5.32 Å². The van der Waals surface area contributed by atoms with Crippen LogP contribution in [0.5, 0.6) is 0 Å². The van der Waals surface area contributed by atoms with Gasteiger partial charge in [-0.3, -0.25) is 4.79 Å². The van der Waals surface area contributed by atoms with Gasteiger partial charge in [0.15, 0.2) is 0 Å². The molecule has 2 N–H and O–H groups in total. The molecule has 0 aliphatic carbocycles. The Morgan fingerprint density at radius 2 is 1.92 bits per heavy atom. The van der Waals surface area contributed by atoms with Crippen LogP contribution in [-0.2, 0) is 10.0 Å². The molecule has 0 heterocycles. The van der Waals surface area contributed by atoms with Crippen molar-refractivity contribution < 1.29 is 22.0 Å². The van der Waals surface area contributed by atoms with Crippen LogP contribution in [0.2, 0.25) is 0 Å². The Morgan fingerprint density at radius 3 is 2.62 bits per heavy atom. The second-order valence-electron chi connectivity index (χ2n) is 5.00. The molecule has 0 aromatic heterocycles. The minimum atomic E-state index is -3.78. The van der Waals surface area contributed by atoms with E-state index in [2.05, 4.69) is 16.6 Å². The zero-order chi connectivity index (χ0) is 19.2. The van der Waals surface area contributed by atoms with Crippen molar-refractivity contribution in [1.29, 1.82) is 0 Å². The van der Waals surface area contributed by atoms with E-state index in [1.165, 1.54) is 42.5 Å². The molecule has 2 aromatic rings. The van der Waals surface area contributed by atoms with Gasteiger partial charge in [0.05, 0.1) is 10.6 Å². The van der Waals surface area contributed by atoms with Crippen molar-refractivity contribution in [1.82, 2.24) is 4.72 Å². The number of hydrogen-bond donors (Lipinski definition) is 2. The van der Waals surface area contributed by atoms with Crippen molar-refractivity contribution in [3.8, 4) is 0 Å². The van der Waals surface area contributed by atoms with Crippen LogP contribution in [0.3, 0.4) is 0 Å². The zero-order valence-corrected chi connectivity index (χ0v) is 15.1. The first-order valence-corrected chi connectivity index (χ1v) is 9.75. The van der Waals surface area contributed by atoms with Crippen molar-refractivity contribution in [3.63, 3.8) is 0 Å². The predicted molar refractivity (Wildman–Crippen MR) is 98.1 cm³/mol. The van der Waals surface area contributed by atoms with E-state index in [1.54, 1.807) is 12.1 Å². The van der Waals surface area contributed by atoms with E-state index in [0.717, 1.165) is 0 Å². The number of carbonyl (C=O) groups is 1. The summed E-state index contributed by atoms with van der Waals surface area (Å²) in [4.78, 5) is 12.5. The van der Waals surface area contributed by atoms with Gasteiger partial charge in [0, 0.05) is 17.0 Å². The van der Waals surface area contributed by atoms with Crippen LogP contribution < -0.4 is 10.0 Å². The van der Waals surface area contributed by atoms with Gasteiger partial charge in [-0.2, -0.15) is 8.78 Å². The molecule has 2 rings (SSSR count). The molecular weight excluding hydrogens is 382 g/mol. The lowest BCUT2D eigenvalue weighted by Gasteiger charge is -2.11. The zero-order valence-electron chi connectivity index (χ0n) is 13.5. The minimum absolute atomic E-state index is 0.0526. The normalized spacial score (nSPS) is 11.3. The summed E-state index contributed by atoms with van der Waals surface area (Å²) in [7, 11) is -3.78. The summed E-state index contributed by atoms with van der Waals surface area (Å²) in [6.45, 7) is 3.48. The van der Waals surface area contributed by atoms with Crippen LogP contribution in [0.15, 0.2) is 71.0 Å². The molecule has 5 nitrogen and oxygen atoms in total. The van der Waals surface area contributed by atoms with Gasteiger partial charge in [0.2, 0.25) is 10.0 Å². The van der Waals surface area contributed by atoms with Crippen LogP contribution in [0.1, 0.15) is 10.4 Å². The number of anilines is 1. The minimum Gasteiger partial charge on any atom is -0.321 e. The lowest BCUT2D eigenvalue weighted by atomic mass is 10.2. The van der Waals surface area contributed by atoms with Crippen LogP contribution in [-0.4, -0.2) is 26.6 Å². The Morgan fingerprint density at radius 1 is 1.19 bits per heavy atom. The highest BCUT2D eigenvalue weighted by Crippen LogP contribution is 2.31. The molecule has 0 fully saturated rings. The molecule has 138 valence electrons. The topological polar surface area (TPSA) is 75.3 Å². The molecule has 0 radical (unpaired) electrons. The summed E-state index contributed by atoms with van der Waals surface area (Å²) in [6.07, 6.45) is 1.39. The second kappa shape index (κ2) is 8.93. The number of halogens is 2. The number of alkyl halides is 2. The summed E-state index contributed by atoms with van der Waals surface area (Å²) in [5.41, 5.74) is 0.309. The first-order valence-electron chi connectivity index (χ1n) is 7.39. The molecule has 2 aromatic carbocycles. The van der Waals surface area contributed by atoms with E-state index in [1.807, 2.05) is 0 Å². The number of thioether (sulfide) groups is 1. The smallest absolute Gasteiger partial charge is 0.288 e. The Kier molecular flexibility index (Phi) is 6.90. The van der Waals surface area contributed by atoms with Crippen molar-refractivity contribution in [2.45, 2.75) is 15.5 Å². The number of sulfonamides is 1. The maximum absolute atomic E-state index is 12.6. The fourth-order valence-corrected chi connectivity index (χ4v) is 3.66. The van der Waals surface area contributed by atoms with E-state index >= 15 is 0 Å². The quantitative estimate of drug-likeness (QED) is 0.525. The molecule has 0 atom stereocenters. The standard InChI is InChI=1S/C17H16F2N2O3S2/c1-2-10-20-26(23,24)13-7-5-6-12(11-13)16(22)21-14-8-3-4-9-15(14)25-17(18)19/h2-9,11,17,20H,1,10H2,(H,21,22). The highest BCUT2D eigenvalue weighted by molar-refractivity contribution is 7.99. The van der Waals surface area contributed by atoms with Gasteiger partial charge in [-0.25, -0.2) is 13.1 Å². The third-order valence-corrected chi connectivity index (χ3v) is 5.38. The molecule has 0 unspecified atom stereocenters. The molecule has 9 heteroatoms. The number of carbonyl (C=O) groups excluding carboxylic acids is 1. The first kappa shape index (κ1) is 20.1. The van der Waals surface area contributed by atoms with Crippen molar-refractivity contribution in [3.05, 3.63) is 66.7 Å². The van der Waals surface area contributed by atoms with Crippen LogP contribution in [0.25, 0.3) is 0 Å². The maximum atomic E-state index is 12.6. The SMILES string of the molecule is C=CCNS(=O)(=O)c1cccc(C(=O)Nc2ccccc2SC(F)F)c1. The molecular formula is C17H16F2N2O3S2. The second-order valence-corrected chi connectivity index (χ2v) is 7.80. The molecule has 0 aliphatic heterocycles. The van der Waals surface area contributed by atoms with E-state index < -0.39 is 21.7 Å². The lowest BCUT2D eigenvalue weighted by Crippen LogP contribution is -2.24. The van der Waals surface area contributed by atoms with Gasteiger partial charge in [-0.1, -0.05) is 36.0 Å². The summed E-state index contributed by atoms with van der Waals surface area (Å²) in [5.74, 6) is -3.23. The fourth-order valence-electron chi connectivity index (χ4n) is 2.02. The fraction of sp³-hybridized carbons (Fsp3) is 0.118. The predicted octanol–water partition coefficient (Wildman–Crippen LogP) is 3.72. The van der Waals surface area contributed by atoms with Crippen LogP contribution in [0.4, 0.5) is 14.5 Å². The van der Waals surface area contributed by atoms with Gasteiger partial charge in [0.25, 0.3) is 11.7 Å². The maximum Gasteiger partial charge on any atom is 0.288 e. The van der Waals surface area contributed by atoms with Crippen molar-refractivity contribution in [2.24, 2.45) is 0 Å². The number of rotatable bonds is 8. The Labute approximate surface area is 154 Å². The van der Waals surface area contributed by atoms with Gasteiger partial charge in [0.1, 0.15) is 0 Å². The average Bonchev–Trinajstić information content (AvgIpc) is 2.61. The molecule has 0 spiro atoms. The third kappa shape index (κ3) is 5.38. The first-order chi connectivity index (χ1) is 12.3. The largest absolute Gasteiger partial charge is 0.321 e. The molecule has 26 heavy (non-hydrogen) atoms. The summed E-state index contributed by atoms with van der Waals surface area (Å²) < 4.78 is 51.8. The monoisotopic (exact) mass is 398 g/mol. The molecule has 0 aliphatic rings. The molecule has 0 saturated carbocycles. The van der Waals surface area contributed by atoms with Crippen LogP contribution >= 0.6 is 11.8 Å². The number of nitrogens with one attached hydrogen (secondary N) is 2. The Bertz CT molecular complexity index is 902. The van der Waals surface area contributed by atoms with Gasteiger partial charge in [-0.05, 0) is 30.3 Å². The number of amides is 1. The van der Waals surface area contributed by atoms with E-state index in [-0.39, 0.29) is 27.6 Å². The van der Waals surface area contributed by atoms with Gasteiger partial charge in [-0.15, -0.1) is 6.58 Å². The summed E-state index contributed by atoms with van der Waals surface area (Å²) >= 11 is 0.315. The number of para-hydroxylation sites is 1. The highest BCUT2D eigenvalue weighted by atomic mass is 32.2. The highest BCUT2D eigenvalue weighted by Gasteiger charge is 2.17. The molecule has 1 amide bonds. The molecule has 0 saturated heterocycles. The Balaban J connectivity index is 2.24. The Hall–Kier alpha value is -2.23. The third-order valence-electron chi connectivity index (χ3n) is 3.18. The van der Waals surface area contributed by atoms with Gasteiger partial charge >= 0.3 is 0 Å². The lowest BCUT2D eigenvalue weighted by molar-refractivity contribution is 0.102. The average molecular weight is 398 g/mol. The van der Waals surface area contributed by atoms with E-state index in [0.29, 0.717) is 11.8 Å².